The van der Waals surface area contributed by atoms with Crippen molar-refractivity contribution >= 4 is 23.7 Å². The Morgan fingerprint density at radius 3 is 2.61 bits per heavy atom. The smallest absolute Gasteiger partial charge is 0.322 e. The lowest BCUT2D eigenvalue weighted by Crippen LogP contribution is -2.11. The van der Waals surface area contributed by atoms with Crippen LogP contribution in [0.15, 0.2) is 56.4 Å². The van der Waals surface area contributed by atoms with Gasteiger partial charge in [-0.1, -0.05) is 18.9 Å². The fourth-order valence-electron chi connectivity index (χ4n) is 1.90. The first kappa shape index (κ1) is 15.4. The zero-order valence-corrected chi connectivity index (χ0v) is 13.5. The van der Waals surface area contributed by atoms with Gasteiger partial charge in [0.25, 0.3) is 11.8 Å². The molecule has 0 aliphatic carbocycles. The quantitative estimate of drug-likeness (QED) is 0.710. The van der Waals surface area contributed by atoms with E-state index in [9.17, 15) is 4.79 Å². The number of furan rings is 1. The Bertz CT molecular complexity index is 779. The fourth-order valence-corrected chi connectivity index (χ4v) is 2.74. The molecule has 1 N–H and O–H groups in total. The molecule has 0 fully saturated rings. The molecule has 1 aromatic carbocycles. The number of anilines is 1. The maximum Gasteiger partial charge on any atom is 0.322 e. The van der Waals surface area contributed by atoms with Crippen LogP contribution in [0.25, 0.3) is 11.7 Å². The first-order chi connectivity index (χ1) is 11.1. The van der Waals surface area contributed by atoms with Gasteiger partial charge in [-0.2, -0.15) is 0 Å². The largest absolute Gasteiger partial charge is 0.459 e. The summed E-state index contributed by atoms with van der Waals surface area (Å²) in [5.41, 5.74) is 0.524. The third-order valence-corrected chi connectivity index (χ3v) is 3.88. The fraction of sp³-hybridized carbons (Fsp3) is 0.188. The number of carbonyl (C=O) groups is 1. The summed E-state index contributed by atoms with van der Waals surface area (Å²) in [7, 11) is 0. The Morgan fingerprint density at radius 2 is 1.96 bits per heavy atom. The lowest BCUT2D eigenvalue weighted by molar-refractivity contribution is 0.102. The van der Waals surface area contributed by atoms with Crippen molar-refractivity contribution in [3.05, 3.63) is 48.2 Å². The number of amides is 1. The third kappa shape index (κ3) is 3.81. The van der Waals surface area contributed by atoms with E-state index in [1.165, 1.54) is 6.26 Å². The highest BCUT2D eigenvalue weighted by Gasteiger charge is 2.14. The summed E-state index contributed by atoms with van der Waals surface area (Å²) >= 11 is 1.74. The second-order valence-electron chi connectivity index (χ2n) is 5.03. The summed E-state index contributed by atoms with van der Waals surface area (Å²) in [6, 6.07) is 10.8. The van der Waals surface area contributed by atoms with Crippen molar-refractivity contribution in [3.8, 4) is 11.7 Å². The zero-order chi connectivity index (χ0) is 16.2. The zero-order valence-electron chi connectivity index (χ0n) is 12.6. The number of carbonyl (C=O) groups excluding carboxylic acids is 1. The molecule has 23 heavy (non-hydrogen) atoms. The van der Waals surface area contributed by atoms with Crippen molar-refractivity contribution in [3.63, 3.8) is 0 Å². The van der Waals surface area contributed by atoms with Gasteiger partial charge in [0.2, 0.25) is 0 Å². The maximum atomic E-state index is 12.2. The number of thioether (sulfide) groups is 1. The summed E-state index contributed by atoms with van der Waals surface area (Å²) in [6.45, 7) is 4.24. The van der Waals surface area contributed by atoms with Gasteiger partial charge in [-0.3, -0.25) is 10.1 Å². The van der Waals surface area contributed by atoms with Crippen LogP contribution in [0.4, 0.5) is 6.01 Å². The van der Waals surface area contributed by atoms with E-state index in [-0.39, 0.29) is 17.8 Å². The number of benzene rings is 1. The highest BCUT2D eigenvalue weighted by Crippen LogP contribution is 2.23. The van der Waals surface area contributed by atoms with E-state index in [2.05, 4.69) is 29.4 Å². The normalized spacial score (nSPS) is 10.9. The third-order valence-electron chi connectivity index (χ3n) is 2.87. The molecule has 7 heteroatoms. The molecule has 1 amide bonds. The minimum absolute atomic E-state index is 0.0297. The van der Waals surface area contributed by atoms with E-state index in [1.54, 1.807) is 36.0 Å². The molecular weight excluding hydrogens is 314 g/mol. The number of nitrogens with one attached hydrogen (secondary N) is 1. The Morgan fingerprint density at radius 1 is 1.17 bits per heavy atom. The molecule has 0 aliphatic heterocycles. The van der Waals surface area contributed by atoms with Crippen molar-refractivity contribution in [2.75, 3.05) is 5.32 Å². The highest BCUT2D eigenvalue weighted by atomic mass is 32.2. The summed E-state index contributed by atoms with van der Waals surface area (Å²) in [5, 5.41) is 10.7. The number of nitrogens with zero attached hydrogens (tertiary/aromatic N) is 2. The van der Waals surface area contributed by atoms with Crippen LogP contribution >= 0.6 is 11.8 Å². The van der Waals surface area contributed by atoms with Crippen LogP contribution in [-0.2, 0) is 0 Å². The molecule has 2 aromatic heterocycles. The van der Waals surface area contributed by atoms with Crippen molar-refractivity contribution in [2.45, 2.75) is 24.0 Å². The van der Waals surface area contributed by atoms with Crippen LogP contribution < -0.4 is 5.32 Å². The van der Waals surface area contributed by atoms with Gasteiger partial charge in [0.05, 0.1) is 6.26 Å². The van der Waals surface area contributed by atoms with Gasteiger partial charge in [-0.25, -0.2) is 0 Å². The molecule has 0 saturated carbocycles. The van der Waals surface area contributed by atoms with Gasteiger partial charge in [0, 0.05) is 15.7 Å². The molecule has 118 valence electrons. The minimum atomic E-state index is -0.305. The van der Waals surface area contributed by atoms with Gasteiger partial charge in [0.1, 0.15) is 0 Å². The molecule has 0 radical (unpaired) electrons. The molecule has 0 spiro atoms. The predicted octanol–water partition coefficient (Wildman–Crippen LogP) is 4.08. The number of aromatic nitrogens is 2. The first-order valence-corrected chi connectivity index (χ1v) is 7.95. The lowest BCUT2D eigenvalue weighted by Gasteiger charge is -2.05. The molecule has 2 heterocycles. The molecule has 3 rings (SSSR count). The second-order valence-corrected chi connectivity index (χ2v) is 6.68. The molecule has 0 bridgehead atoms. The summed E-state index contributed by atoms with van der Waals surface area (Å²) < 4.78 is 10.5. The van der Waals surface area contributed by atoms with Crippen molar-refractivity contribution in [2.24, 2.45) is 0 Å². The van der Waals surface area contributed by atoms with Crippen LogP contribution in [0.3, 0.4) is 0 Å². The standard InChI is InChI=1S/C16H15N3O3S/c1-10(2)23-12-7-5-11(6-8-12)14(20)17-16-19-18-15(22-16)13-4-3-9-21-13/h3-10H,1-2H3,(H,17,19,20). The molecular formula is C16H15N3O3S. The minimum Gasteiger partial charge on any atom is -0.459 e. The van der Waals surface area contributed by atoms with E-state index in [1.807, 2.05) is 12.1 Å². The summed E-state index contributed by atoms with van der Waals surface area (Å²) in [4.78, 5) is 13.3. The summed E-state index contributed by atoms with van der Waals surface area (Å²) in [6.07, 6.45) is 1.51. The molecule has 6 nitrogen and oxygen atoms in total. The average Bonchev–Trinajstić information content (AvgIpc) is 3.18. The Labute approximate surface area is 137 Å². The maximum absolute atomic E-state index is 12.2. The number of hydrogen-bond donors (Lipinski definition) is 1. The lowest BCUT2D eigenvalue weighted by atomic mass is 10.2. The van der Waals surface area contributed by atoms with Gasteiger partial charge in [0.15, 0.2) is 5.76 Å². The van der Waals surface area contributed by atoms with E-state index in [0.29, 0.717) is 16.6 Å². The van der Waals surface area contributed by atoms with Crippen LogP contribution in [0.1, 0.15) is 24.2 Å². The molecule has 0 saturated heterocycles. The highest BCUT2D eigenvalue weighted by molar-refractivity contribution is 7.99. The van der Waals surface area contributed by atoms with E-state index in [0.717, 1.165) is 4.90 Å². The second kappa shape index (κ2) is 6.70. The van der Waals surface area contributed by atoms with Crippen molar-refractivity contribution in [1.29, 1.82) is 0 Å². The van der Waals surface area contributed by atoms with Crippen LogP contribution in [-0.4, -0.2) is 21.4 Å². The van der Waals surface area contributed by atoms with Crippen LogP contribution in [0.5, 0.6) is 0 Å². The van der Waals surface area contributed by atoms with E-state index >= 15 is 0 Å². The van der Waals surface area contributed by atoms with Gasteiger partial charge >= 0.3 is 6.01 Å². The van der Waals surface area contributed by atoms with E-state index in [4.69, 9.17) is 8.83 Å². The molecule has 0 aliphatic rings. The first-order valence-electron chi connectivity index (χ1n) is 7.07. The molecule has 3 aromatic rings. The topological polar surface area (TPSA) is 81.2 Å². The van der Waals surface area contributed by atoms with Crippen LogP contribution in [0, 0.1) is 0 Å². The Hall–Kier alpha value is -2.54. The molecule has 0 atom stereocenters. The van der Waals surface area contributed by atoms with Crippen molar-refractivity contribution < 1.29 is 13.6 Å². The number of rotatable bonds is 5. The number of hydrogen-bond acceptors (Lipinski definition) is 6. The Kier molecular flexibility index (Phi) is 4.47. The van der Waals surface area contributed by atoms with Gasteiger partial charge in [-0.05, 0) is 36.4 Å². The monoisotopic (exact) mass is 329 g/mol. The molecule has 0 unspecified atom stereocenters. The van der Waals surface area contributed by atoms with E-state index < -0.39 is 0 Å². The predicted molar refractivity (Wildman–Crippen MR) is 87.4 cm³/mol. The van der Waals surface area contributed by atoms with Gasteiger partial charge in [-0.15, -0.1) is 16.9 Å². The Balaban J connectivity index is 1.67. The van der Waals surface area contributed by atoms with Gasteiger partial charge < -0.3 is 8.83 Å². The summed E-state index contributed by atoms with van der Waals surface area (Å²) in [5.74, 6) is 0.364. The van der Waals surface area contributed by atoms with Crippen molar-refractivity contribution in [1.82, 2.24) is 10.2 Å². The van der Waals surface area contributed by atoms with Crippen LogP contribution in [0.2, 0.25) is 0 Å². The SMILES string of the molecule is CC(C)Sc1ccc(C(=O)Nc2nnc(-c3ccco3)o2)cc1. The average molecular weight is 329 g/mol.